The average Bonchev–Trinajstić information content (AvgIpc) is 2.81. The molecule has 108 valence electrons. The van der Waals surface area contributed by atoms with E-state index >= 15 is 0 Å². The third-order valence-corrected chi connectivity index (χ3v) is 3.33. The molecule has 20 heavy (non-hydrogen) atoms. The predicted octanol–water partition coefficient (Wildman–Crippen LogP) is 4.07. The summed E-state index contributed by atoms with van der Waals surface area (Å²) in [4.78, 5) is 0. The molecule has 0 aliphatic heterocycles. The SMILES string of the molecule is CC(C)CNCc1ccn(Cc2ccc(F)c(Cl)c2)c1. The van der Waals surface area contributed by atoms with Crippen molar-refractivity contribution >= 4 is 11.6 Å². The largest absolute Gasteiger partial charge is 0.350 e. The Morgan fingerprint density at radius 3 is 2.75 bits per heavy atom. The lowest BCUT2D eigenvalue weighted by Gasteiger charge is -2.06. The Morgan fingerprint density at radius 2 is 2.05 bits per heavy atom. The maximum absolute atomic E-state index is 13.1. The summed E-state index contributed by atoms with van der Waals surface area (Å²) >= 11 is 5.79. The van der Waals surface area contributed by atoms with Crippen LogP contribution >= 0.6 is 11.6 Å². The zero-order valence-corrected chi connectivity index (χ0v) is 12.6. The molecule has 0 spiro atoms. The molecule has 0 fully saturated rings. The summed E-state index contributed by atoms with van der Waals surface area (Å²) in [6, 6.07) is 6.94. The average molecular weight is 295 g/mol. The molecule has 0 radical (unpaired) electrons. The molecule has 0 saturated carbocycles. The van der Waals surface area contributed by atoms with E-state index in [1.165, 1.54) is 11.6 Å². The van der Waals surface area contributed by atoms with E-state index < -0.39 is 0 Å². The van der Waals surface area contributed by atoms with Crippen LogP contribution in [0.5, 0.6) is 0 Å². The third kappa shape index (κ3) is 4.36. The number of rotatable bonds is 6. The molecule has 4 heteroatoms. The highest BCUT2D eigenvalue weighted by Crippen LogP contribution is 2.17. The van der Waals surface area contributed by atoms with Gasteiger partial charge in [0.15, 0.2) is 0 Å². The van der Waals surface area contributed by atoms with Crippen molar-refractivity contribution in [3.8, 4) is 0 Å². The highest BCUT2D eigenvalue weighted by molar-refractivity contribution is 6.30. The molecule has 2 aromatic rings. The Balaban J connectivity index is 1.93. The number of benzene rings is 1. The first kappa shape index (κ1) is 15.1. The fourth-order valence-corrected chi connectivity index (χ4v) is 2.25. The molecule has 1 heterocycles. The molecule has 0 aliphatic carbocycles. The van der Waals surface area contributed by atoms with Gasteiger partial charge in [0, 0.05) is 25.5 Å². The van der Waals surface area contributed by atoms with Crippen LogP contribution in [0.25, 0.3) is 0 Å². The molecule has 0 atom stereocenters. The lowest BCUT2D eigenvalue weighted by atomic mass is 10.2. The van der Waals surface area contributed by atoms with Crippen LogP contribution < -0.4 is 5.32 Å². The van der Waals surface area contributed by atoms with E-state index in [1.807, 2.05) is 6.20 Å². The molecule has 0 unspecified atom stereocenters. The minimum Gasteiger partial charge on any atom is -0.350 e. The number of nitrogens with zero attached hydrogens (tertiary/aromatic N) is 1. The maximum Gasteiger partial charge on any atom is 0.141 e. The van der Waals surface area contributed by atoms with Crippen molar-refractivity contribution in [3.63, 3.8) is 0 Å². The van der Waals surface area contributed by atoms with Crippen LogP contribution in [0.3, 0.4) is 0 Å². The van der Waals surface area contributed by atoms with E-state index in [2.05, 4.69) is 36.0 Å². The third-order valence-electron chi connectivity index (χ3n) is 3.04. The van der Waals surface area contributed by atoms with E-state index in [0.717, 1.165) is 18.7 Å². The summed E-state index contributed by atoms with van der Waals surface area (Å²) in [6.07, 6.45) is 4.13. The lowest BCUT2D eigenvalue weighted by Crippen LogP contribution is -2.18. The summed E-state index contributed by atoms with van der Waals surface area (Å²) in [5.74, 6) is 0.278. The van der Waals surface area contributed by atoms with Gasteiger partial charge in [0.1, 0.15) is 5.82 Å². The van der Waals surface area contributed by atoms with Crippen LogP contribution in [0.2, 0.25) is 5.02 Å². The van der Waals surface area contributed by atoms with Gasteiger partial charge in [-0.15, -0.1) is 0 Å². The summed E-state index contributed by atoms with van der Waals surface area (Å²) in [5.41, 5.74) is 2.24. The predicted molar refractivity (Wildman–Crippen MR) is 81.5 cm³/mol. The van der Waals surface area contributed by atoms with Gasteiger partial charge in [-0.05, 0) is 41.8 Å². The molecule has 2 nitrogen and oxygen atoms in total. The van der Waals surface area contributed by atoms with Crippen molar-refractivity contribution in [2.45, 2.75) is 26.9 Å². The zero-order chi connectivity index (χ0) is 14.5. The van der Waals surface area contributed by atoms with E-state index in [4.69, 9.17) is 11.6 Å². The van der Waals surface area contributed by atoms with Crippen LogP contribution in [0.4, 0.5) is 4.39 Å². The van der Waals surface area contributed by atoms with E-state index in [1.54, 1.807) is 12.1 Å². The monoisotopic (exact) mass is 294 g/mol. The van der Waals surface area contributed by atoms with Gasteiger partial charge >= 0.3 is 0 Å². The number of hydrogen-bond acceptors (Lipinski definition) is 1. The molecule has 1 N–H and O–H groups in total. The normalized spacial score (nSPS) is 11.2. The van der Waals surface area contributed by atoms with Gasteiger partial charge in [0.25, 0.3) is 0 Å². The van der Waals surface area contributed by atoms with Gasteiger partial charge in [0.2, 0.25) is 0 Å². The fourth-order valence-electron chi connectivity index (χ4n) is 2.05. The fraction of sp³-hybridized carbons (Fsp3) is 0.375. The van der Waals surface area contributed by atoms with Crippen LogP contribution in [-0.2, 0) is 13.1 Å². The van der Waals surface area contributed by atoms with Gasteiger partial charge < -0.3 is 9.88 Å². The molecular weight excluding hydrogens is 275 g/mol. The Labute approximate surface area is 124 Å². The van der Waals surface area contributed by atoms with Crippen LogP contribution in [-0.4, -0.2) is 11.1 Å². The Kier molecular flexibility index (Phi) is 5.21. The van der Waals surface area contributed by atoms with Gasteiger partial charge in [-0.2, -0.15) is 0 Å². The molecule has 0 aliphatic rings. The Bertz CT molecular complexity index is 563. The highest BCUT2D eigenvalue weighted by Gasteiger charge is 2.03. The van der Waals surface area contributed by atoms with Crippen molar-refractivity contribution < 1.29 is 4.39 Å². The number of aromatic nitrogens is 1. The number of nitrogens with one attached hydrogen (secondary N) is 1. The summed E-state index contributed by atoms with van der Waals surface area (Å²) < 4.78 is 15.2. The first-order chi connectivity index (χ1) is 9.54. The first-order valence-corrected chi connectivity index (χ1v) is 7.21. The molecular formula is C16H20ClFN2. The number of halogens is 2. The van der Waals surface area contributed by atoms with Crippen LogP contribution in [0.1, 0.15) is 25.0 Å². The van der Waals surface area contributed by atoms with Crippen molar-refractivity contribution in [2.24, 2.45) is 5.92 Å². The topological polar surface area (TPSA) is 17.0 Å². The lowest BCUT2D eigenvalue weighted by molar-refractivity contribution is 0.552. The zero-order valence-electron chi connectivity index (χ0n) is 11.9. The van der Waals surface area contributed by atoms with Crippen molar-refractivity contribution in [2.75, 3.05) is 6.54 Å². The summed E-state index contributed by atoms with van der Waals surface area (Å²) in [5, 5.41) is 3.59. The molecule has 0 bridgehead atoms. The number of hydrogen-bond donors (Lipinski definition) is 1. The summed E-state index contributed by atoms with van der Waals surface area (Å²) in [6.45, 7) is 6.96. The minimum atomic E-state index is -0.374. The second-order valence-electron chi connectivity index (χ2n) is 5.47. The first-order valence-electron chi connectivity index (χ1n) is 6.84. The molecule has 1 aromatic carbocycles. The molecule has 0 saturated heterocycles. The molecule has 0 amide bonds. The smallest absolute Gasteiger partial charge is 0.141 e. The minimum absolute atomic E-state index is 0.175. The van der Waals surface area contributed by atoms with Crippen molar-refractivity contribution in [1.82, 2.24) is 9.88 Å². The second kappa shape index (κ2) is 6.91. The standard InChI is InChI=1S/C16H20ClFN2/c1-12(2)8-19-9-14-5-6-20(11-14)10-13-3-4-16(18)15(17)7-13/h3-7,11-12,19H,8-10H2,1-2H3. The van der Waals surface area contributed by atoms with Gasteiger partial charge in [0.05, 0.1) is 5.02 Å². The maximum atomic E-state index is 13.1. The summed E-state index contributed by atoms with van der Waals surface area (Å²) in [7, 11) is 0. The molecule has 2 rings (SSSR count). The second-order valence-corrected chi connectivity index (χ2v) is 5.87. The van der Waals surface area contributed by atoms with Crippen molar-refractivity contribution in [1.29, 1.82) is 0 Å². The van der Waals surface area contributed by atoms with Gasteiger partial charge in [-0.1, -0.05) is 31.5 Å². The van der Waals surface area contributed by atoms with Gasteiger partial charge in [-0.3, -0.25) is 0 Å². The van der Waals surface area contributed by atoms with E-state index in [-0.39, 0.29) is 10.8 Å². The Hall–Kier alpha value is -1.32. The van der Waals surface area contributed by atoms with Crippen LogP contribution in [0.15, 0.2) is 36.7 Å². The quantitative estimate of drug-likeness (QED) is 0.849. The van der Waals surface area contributed by atoms with Gasteiger partial charge in [-0.25, -0.2) is 4.39 Å². The van der Waals surface area contributed by atoms with Crippen molar-refractivity contribution in [3.05, 3.63) is 58.6 Å². The van der Waals surface area contributed by atoms with Crippen LogP contribution in [0, 0.1) is 11.7 Å². The highest BCUT2D eigenvalue weighted by atomic mass is 35.5. The van der Waals surface area contributed by atoms with E-state index in [9.17, 15) is 4.39 Å². The van der Waals surface area contributed by atoms with E-state index in [0.29, 0.717) is 12.5 Å². The Morgan fingerprint density at radius 1 is 1.25 bits per heavy atom. The molecule has 1 aromatic heterocycles.